The number of nitrogens with one attached hydrogen (secondary N) is 2. The van der Waals surface area contributed by atoms with E-state index in [1.54, 1.807) is 14.2 Å². The first-order valence-corrected chi connectivity index (χ1v) is 8.19. The van der Waals surface area contributed by atoms with Gasteiger partial charge in [0.15, 0.2) is 0 Å². The van der Waals surface area contributed by atoms with Crippen LogP contribution in [0.5, 0.6) is 0 Å². The molecular weight excluding hydrogens is 294 g/mol. The van der Waals surface area contributed by atoms with Crippen LogP contribution in [0.15, 0.2) is 22.9 Å². The summed E-state index contributed by atoms with van der Waals surface area (Å²) in [5.74, 6) is 0. The molecule has 0 radical (unpaired) electrons. The van der Waals surface area contributed by atoms with Crippen LogP contribution in [-0.2, 0) is 9.47 Å². The standard InChI is InChI=1S/C17H29N3O3/c1-22-10-4-8-19-15-7-3-6-14(12-15)16(13-18)17(21)20-9-5-11-23-2/h12,17,19-21H,3-11H2,1-2H3/b16-14-. The van der Waals surface area contributed by atoms with E-state index < -0.39 is 6.23 Å². The molecule has 6 nitrogen and oxygen atoms in total. The van der Waals surface area contributed by atoms with E-state index in [-0.39, 0.29) is 0 Å². The Morgan fingerprint density at radius 2 is 1.96 bits per heavy atom. The van der Waals surface area contributed by atoms with Gasteiger partial charge in [0.25, 0.3) is 0 Å². The van der Waals surface area contributed by atoms with E-state index in [4.69, 9.17) is 9.47 Å². The lowest BCUT2D eigenvalue weighted by molar-refractivity contribution is 0.160. The largest absolute Gasteiger partial charge is 0.388 e. The third-order valence-electron chi connectivity index (χ3n) is 3.72. The Bertz CT molecular complexity index is 441. The average Bonchev–Trinajstić information content (AvgIpc) is 2.57. The number of hydrogen-bond acceptors (Lipinski definition) is 6. The fourth-order valence-electron chi connectivity index (χ4n) is 2.51. The van der Waals surface area contributed by atoms with E-state index in [1.165, 1.54) is 0 Å². The van der Waals surface area contributed by atoms with E-state index in [0.29, 0.717) is 18.7 Å². The highest BCUT2D eigenvalue weighted by atomic mass is 16.5. The van der Waals surface area contributed by atoms with Crippen LogP contribution in [0.2, 0.25) is 0 Å². The van der Waals surface area contributed by atoms with Crippen molar-refractivity contribution in [2.24, 2.45) is 0 Å². The molecule has 0 fully saturated rings. The second kappa shape index (κ2) is 12.1. The van der Waals surface area contributed by atoms with Crippen molar-refractivity contribution in [1.29, 1.82) is 5.26 Å². The summed E-state index contributed by atoms with van der Waals surface area (Å²) >= 11 is 0. The Hall–Kier alpha value is -1.39. The van der Waals surface area contributed by atoms with Crippen molar-refractivity contribution in [1.82, 2.24) is 10.6 Å². The Morgan fingerprint density at radius 3 is 2.61 bits per heavy atom. The van der Waals surface area contributed by atoms with Gasteiger partial charge < -0.3 is 19.9 Å². The molecule has 0 saturated heterocycles. The summed E-state index contributed by atoms with van der Waals surface area (Å²) < 4.78 is 10.0. The molecule has 0 aromatic rings. The molecule has 23 heavy (non-hydrogen) atoms. The number of rotatable bonds is 11. The van der Waals surface area contributed by atoms with Gasteiger partial charge in [-0.2, -0.15) is 5.26 Å². The second-order valence-electron chi connectivity index (χ2n) is 5.55. The SMILES string of the molecule is COCCCNC1=C/C(=C(/C#N)C(O)NCCCOC)CCC1. The van der Waals surface area contributed by atoms with E-state index in [9.17, 15) is 10.4 Å². The molecule has 0 aliphatic heterocycles. The maximum atomic E-state index is 10.2. The molecular formula is C17H29N3O3. The van der Waals surface area contributed by atoms with Gasteiger partial charge >= 0.3 is 0 Å². The van der Waals surface area contributed by atoms with Crippen molar-refractivity contribution < 1.29 is 14.6 Å². The molecule has 1 atom stereocenters. The minimum Gasteiger partial charge on any atom is -0.388 e. The summed E-state index contributed by atoms with van der Waals surface area (Å²) in [4.78, 5) is 0. The molecule has 6 heteroatoms. The predicted octanol–water partition coefficient (Wildman–Crippen LogP) is 1.44. The Morgan fingerprint density at radius 1 is 1.26 bits per heavy atom. The highest BCUT2D eigenvalue weighted by Gasteiger charge is 2.17. The summed E-state index contributed by atoms with van der Waals surface area (Å²) in [5.41, 5.74) is 2.46. The number of ether oxygens (including phenoxy) is 2. The van der Waals surface area contributed by atoms with Crippen molar-refractivity contribution in [3.63, 3.8) is 0 Å². The van der Waals surface area contributed by atoms with Crippen LogP contribution in [0.25, 0.3) is 0 Å². The number of methoxy groups -OCH3 is 2. The Kier molecular flexibility index (Phi) is 10.3. The van der Waals surface area contributed by atoms with Crippen LogP contribution in [0, 0.1) is 11.3 Å². The number of nitrogens with zero attached hydrogens (tertiary/aromatic N) is 1. The number of nitriles is 1. The minimum absolute atomic E-state index is 0.415. The predicted molar refractivity (Wildman–Crippen MR) is 89.6 cm³/mol. The summed E-state index contributed by atoms with van der Waals surface area (Å²) in [7, 11) is 3.34. The van der Waals surface area contributed by atoms with Gasteiger partial charge in [0.1, 0.15) is 6.23 Å². The monoisotopic (exact) mass is 323 g/mol. The normalized spacial score (nSPS) is 18.1. The first-order valence-electron chi connectivity index (χ1n) is 8.19. The van der Waals surface area contributed by atoms with Crippen molar-refractivity contribution >= 4 is 0 Å². The molecule has 130 valence electrons. The molecule has 0 heterocycles. The number of allylic oxidation sites excluding steroid dienone is 3. The zero-order valence-electron chi connectivity index (χ0n) is 14.2. The second-order valence-corrected chi connectivity index (χ2v) is 5.55. The minimum atomic E-state index is -0.920. The van der Waals surface area contributed by atoms with Crippen LogP contribution in [0.1, 0.15) is 32.1 Å². The maximum Gasteiger partial charge on any atom is 0.141 e. The third kappa shape index (κ3) is 7.62. The smallest absolute Gasteiger partial charge is 0.141 e. The Labute approximate surface area is 139 Å². The summed E-state index contributed by atoms with van der Waals surface area (Å²) in [5, 5.41) is 25.9. The van der Waals surface area contributed by atoms with Crippen molar-refractivity contribution in [2.45, 2.75) is 38.3 Å². The molecule has 3 N–H and O–H groups in total. The highest BCUT2D eigenvalue weighted by Crippen LogP contribution is 2.24. The lowest BCUT2D eigenvalue weighted by Gasteiger charge is -2.20. The van der Waals surface area contributed by atoms with Gasteiger partial charge in [0.05, 0.1) is 11.6 Å². The van der Waals surface area contributed by atoms with Gasteiger partial charge in [-0.05, 0) is 43.8 Å². The number of hydrogen-bond donors (Lipinski definition) is 3. The van der Waals surface area contributed by atoms with Crippen LogP contribution in [0.3, 0.4) is 0 Å². The zero-order chi connectivity index (χ0) is 16.9. The topological polar surface area (TPSA) is 86.5 Å². The average molecular weight is 323 g/mol. The molecule has 1 unspecified atom stereocenters. The third-order valence-corrected chi connectivity index (χ3v) is 3.72. The molecule has 1 aliphatic carbocycles. The van der Waals surface area contributed by atoms with Crippen LogP contribution >= 0.6 is 0 Å². The number of aliphatic hydroxyl groups is 1. The molecule has 0 bridgehead atoms. The molecule has 0 amide bonds. The van der Waals surface area contributed by atoms with Crippen molar-refractivity contribution in [3.05, 3.63) is 22.9 Å². The van der Waals surface area contributed by atoms with Gasteiger partial charge in [0, 0.05) is 46.2 Å². The van der Waals surface area contributed by atoms with E-state index >= 15 is 0 Å². The van der Waals surface area contributed by atoms with Crippen molar-refractivity contribution in [3.8, 4) is 6.07 Å². The van der Waals surface area contributed by atoms with Gasteiger partial charge in [-0.25, -0.2) is 0 Å². The molecule has 1 aliphatic rings. The van der Waals surface area contributed by atoms with Crippen LogP contribution in [-0.4, -0.2) is 51.9 Å². The van der Waals surface area contributed by atoms with Gasteiger partial charge in [-0.3, -0.25) is 5.32 Å². The van der Waals surface area contributed by atoms with E-state index in [2.05, 4.69) is 16.7 Å². The fourth-order valence-corrected chi connectivity index (χ4v) is 2.51. The van der Waals surface area contributed by atoms with Gasteiger partial charge in [-0.1, -0.05) is 0 Å². The number of aliphatic hydroxyl groups excluding tert-OH is 1. The summed E-state index contributed by atoms with van der Waals surface area (Å²) in [6.07, 6.45) is 5.62. The molecule has 0 aromatic heterocycles. The lowest BCUT2D eigenvalue weighted by Crippen LogP contribution is -2.32. The lowest BCUT2D eigenvalue weighted by atomic mass is 9.94. The van der Waals surface area contributed by atoms with Gasteiger partial charge in [-0.15, -0.1) is 0 Å². The summed E-state index contributed by atoms with van der Waals surface area (Å²) in [6, 6.07) is 2.15. The summed E-state index contributed by atoms with van der Waals surface area (Å²) in [6.45, 7) is 2.83. The van der Waals surface area contributed by atoms with Gasteiger partial charge in [0.2, 0.25) is 0 Å². The molecule has 0 saturated carbocycles. The fraction of sp³-hybridized carbons (Fsp3) is 0.706. The Balaban J connectivity index is 2.61. The van der Waals surface area contributed by atoms with Crippen molar-refractivity contribution in [2.75, 3.05) is 40.5 Å². The van der Waals surface area contributed by atoms with E-state index in [0.717, 1.165) is 56.5 Å². The molecule has 1 rings (SSSR count). The quantitative estimate of drug-likeness (QED) is 0.303. The molecule has 0 spiro atoms. The first kappa shape index (κ1) is 19.7. The van der Waals surface area contributed by atoms with Crippen LogP contribution in [0.4, 0.5) is 0 Å². The van der Waals surface area contributed by atoms with E-state index in [1.807, 2.05) is 6.08 Å². The first-order chi connectivity index (χ1) is 11.2. The van der Waals surface area contributed by atoms with Crippen LogP contribution < -0.4 is 10.6 Å². The zero-order valence-corrected chi connectivity index (χ0v) is 14.2. The molecule has 0 aromatic carbocycles. The maximum absolute atomic E-state index is 10.2. The highest BCUT2D eigenvalue weighted by molar-refractivity contribution is 5.40.